The zero-order chi connectivity index (χ0) is 17.9. The molecule has 0 heterocycles. The number of rotatable bonds is 7. The van der Waals surface area contributed by atoms with Crippen molar-refractivity contribution in [3.05, 3.63) is 29.8 Å². The first-order valence-corrected chi connectivity index (χ1v) is 8.71. The number of oxime groups is 1. The Kier molecular flexibility index (Phi) is 5.23. The average Bonchev–Trinajstić information content (AvgIpc) is 3.40. The highest BCUT2D eigenvalue weighted by Gasteiger charge is 2.36. The lowest BCUT2D eigenvalue weighted by molar-refractivity contribution is -0.149. The van der Waals surface area contributed by atoms with Crippen LogP contribution in [0.5, 0.6) is 0 Å². The van der Waals surface area contributed by atoms with Crippen molar-refractivity contribution in [1.82, 2.24) is 0 Å². The maximum Gasteiger partial charge on any atom is 0.360 e. The summed E-state index contributed by atoms with van der Waals surface area (Å²) in [5.74, 6) is -2.07. The van der Waals surface area contributed by atoms with E-state index < -0.39 is 27.9 Å². The summed E-state index contributed by atoms with van der Waals surface area (Å²) in [6, 6.07) is 5.56. The Hall–Kier alpha value is -2.42. The summed E-state index contributed by atoms with van der Waals surface area (Å²) in [4.78, 5) is 27.5. The molecule has 0 aliphatic heterocycles. The van der Waals surface area contributed by atoms with Crippen molar-refractivity contribution in [3.63, 3.8) is 0 Å². The molecule has 1 aromatic carbocycles. The molecule has 1 aliphatic rings. The Morgan fingerprint density at radius 3 is 2.29 bits per heavy atom. The van der Waals surface area contributed by atoms with E-state index in [1.807, 2.05) is 0 Å². The Bertz CT molecular complexity index is 764. The molecular formula is C15H17NO7S. The number of hydrogen-bond acceptors (Lipinski definition) is 7. The molecule has 0 amide bonds. The van der Waals surface area contributed by atoms with Crippen LogP contribution < -0.4 is 0 Å². The van der Waals surface area contributed by atoms with Crippen LogP contribution in [0.15, 0.2) is 34.3 Å². The molecule has 0 spiro atoms. The normalized spacial score (nSPS) is 16.3. The van der Waals surface area contributed by atoms with Gasteiger partial charge in [-0.2, -0.15) is 0 Å². The van der Waals surface area contributed by atoms with E-state index in [0.717, 1.165) is 7.11 Å². The largest absolute Gasteiger partial charge is 0.478 e. The van der Waals surface area contributed by atoms with Gasteiger partial charge in [-0.3, -0.25) is 0 Å². The minimum Gasteiger partial charge on any atom is -0.478 e. The SMILES string of the molecule is COC(=O)/C(=N/O[C@@H](C)C(=O)O)c1ccc(S(=O)(=O)C2CC2)cc1. The number of sulfone groups is 1. The minimum absolute atomic E-state index is 0.165. The number of hydrogen-bond donors (Lipinski definition) is 1. The fourth-order valence-corrected chi connectivity index (χ4v) is 3.51. The van der Waals surface area contributed by atoms with Crippen molar-refractivity contribution in [1.29, 1.82) is 0 Å². The lowest BCUT2D eigenvalue weighted by Crippen LogP contribution is -2.22. The van der Waals surface area contributed by atoms with Crippen LogP contribution in [0.1, 0.15) is 25.3 Å². The van der Waals surface area contributed by atoms with E-state index >= 15 is 0 Å². The van der Waals surface area contributed by atoms with Gasteiger partial charge >= 0.3 is 11.9 Å². The molecular weight excluding hydrogens is 338 g/mol. The van der Waals surface area contributed by atoms with Crippen molar-refractivity contribution in [2.24, 2.45) is 5.16 Å². The van der Waals surface area contributed by atoms with Gasteiger partial charge in [0.1, 0.15) is 0 Å². The molecule has 1 aliphatic carbocycles. The van der Waals surface area contributed by atoms with Crippen molar-refractivity contribution in [2.75, 3.05) is 7.11 Å². The maximum atomic E-state index is 12.1. The molecule has 1 saturated carbocycles. The second-order valence-electron chi connectivity index (χ2n) is 5.29. The summed E-state index contributed by atoms with van der Waals surface area (Å²) in [5, 5.41) is 12.0. The number of ether oxygens (including phenoxy) is 1. The van der Waals surface area contributed by atoms with E-state index in [-0.39, 0.29) is 21.4 Å². The van der Waals surface area contributed by atoms with E-state index in [1.54, 1.807) is 0 Å². The van der Waals surface area contributed by atoms with Crippen LogP contribution in [-0.2, 0) is 29.0 Å². The van der Waals surface area contributed by atoms with Crippen molar-refractivity contribution < 1.29 is 32.7 Å². The number of carboxylic acid groups (broad SMARTS) is 1. The molecule has 2 rings (SSSR count). The second kappa shape index (κ2) is 7.00. The third-order valence-electron chi connectivity index (χ3n) is 3.45. The Labute approximate surface area is 139 Å². The molecule has 1 aromatic rings. The molecule has 1 N–H and O–H groups in total. The average molecular weight is 355 g/mol. The number of carbonyl (C=O) groups excluding carboxylic acids is 1. The molecule has 8 nitrogen and oxygen atoms in total. The highest BCUT2D eigenvalue weighted by molar-refractivity contribution is 7.92. The smallest absolute Gasteiger partial charge is 0.360 e. The van der Waals surface area contributed by atoms with Crippen LogP contribution in [0, 0.1) is 0 Å². The zero-order valence-corrected chi connectivity index (χ0v) is 13.9. The van der Waals surface area contributed by atoms with Gasteiger partial charge in [0.15, 0.2) is 15.5 Å². The number of benzene rings is 1. The number of esters is 1. The minimum atomic E-state index is -3.34. The van der Waals surface area contributed by atoms with Gasteiger partial charge < -0.3 is 14.7 Å². The quantitative estimate of drug-likeness (QED) is 0.440. The molecule has 0 unspecified atom stereocenters. The van der Waals surface area contributed by atoms with Crippen molar-refractivity contribution in [2.45, 2.75) is 36.0 Å². The number of carbonyl (C=O) groups is 2. The van der Waals surface area contributed by atoms with E-state index in [1.165, 1.54) is 31.2 Å². The first-order chi connectivity index (χ1) is 11.3. The molecule has 0 aromatic heterocycles. The van der Waals surface area contributed by atoms with Gasteiger partial charge in [0.05, 0.1) is 17.3 Å². The number of nitrogens with zero attached hydrogens (tertiary/aromatic N) is 1. The van der Waals surface area contributed by atoms with E-state index in [0.29, 0.717) is 12.8 Å². The van der Waals surface area contributed by atoms with E-state index in [4.69, 9.17) is 9.94 Å². The predicted octanol–water partition coefficient (Wildman–Crippen LogP) is 0.990. The summed E-state index contributed by atoms with van der Waals surface area (Å²) in [6.07, 6.45) is 0.0545. The summed E-state index contributed by atoms with van der Waals surface area (Å²) in [6.45, 7) is 1.26. The highest BCUT2D eigenvalue weighted by atomic mass is 32.2. The summed E-state index contributed by atoms with van der Waals surface area (Å²) < 4.78 is 28.9. The van der Waals surface area contributed by atoms with Crippen LogP contribution >= 0.6 is 0 Å². The van der Waals surface area contributed by atoms with E-state index in [9.17, 15) is 18.0 Å². The fraction of sp³-hybridized carbons (Fsp3) is 0.400. The first-order valence-electron chi connectivity index (χ1n) is 7.16. The molecule has 9 heteroatoms. The highest BCUT2D eigenvalue weighted by Crippen LogP contribution is 2.33. The maximum absolute atomic E-state index is 12.1. The van der Waals surface area contributed by atoms with Crippen LogP contribution in [0.2, 0.25) is 0 Å². The molecule has 0 radical (unpaired) electrons. The first kappa shape index (κ1) is 17.9. The van der Waals surface area contributed by atoms with Crippen LogP contribution in [-0.4, -0.2) is 49.6 Å². The van der Waals surface area contributed by atoms with Gasteiger partial charge in [0.25, 0.3) is 0 Å². The topological polar surface area (TPSA) is 119 Å². The van der Waals surface area contributed by atoms with Crippen LogP contribution in [0.3, 0.4) is 0 Å². The zero-order valence-electron chi connectivity index (χ0n) is 13.1. The van der Waals surface area contributed by atoms with Gasteiger partial charge in [-0.15, -0.1) is 0 Å². The summed E-state index contributed by atoms with van der Waals surface area (Å²) >= 11 is 0. The molecule has 24 heavy (non-hydrogen) atoms. The monoisotopic (exact) mass is 355 g/mol. The third-order valence-corrected chi connectivity index (χ3v) is 5.73. The van der Waals surface area contributed by atoms with Gasteiger partial charge in [-0.25, -0.2) is 18.0 Å². The summed E-state index contributed by atoms with van der Waals surface area (Å²) in [5.41, 5.74) is 0.00940. The Balaban J connectivity index is 2.28. The predicted molar refractivity (Wildman–Crippen MR) is 83.4 cm³/mol. The molecule has 0 saturated heterocycles. The van der Waals surface area contributed by atoms with Crippen LogP contribution in [0.25, 0.3) is 0 Å². The van der Waals surface area contributed by atoms with Crippen molar-refractivity contribution >= 4 is 27.5 Å². The number of carboxylic acids is 1. The van der Waals surface area contributed by atoms with E-state index in [2.05, 4.69) is 9.89 Å². The third kappa shape index (κ3) is 3.91. The Morgan fingerprint density at radius 1 is 1.25 bits per heavy atom. The molecule has 130 valence electrons. The van der Waals surface area contributed by atoms with Gasteiger partial charge in [-0.1, -0.05) is 17.3 Å². The number of aliphatic carboxylic acids is 1. The lowest BCUT2D eigenvalue weighted by Gasteiger charge is -2.08. The van der Waals surface area contributed by atoms with Gasteiger partial charge in [0.2, 0.25) is 6.10 Å². The Morgan fingerprint density at radius 2 is 1.83 bits per heavy atom. The molecule has 1 atom stereocenters. The number of methoxy groups -OCH3 is 1. The fourth-order valence-electron chi connectivity index (χ4n) is 1.85. The molecule has 1 fully saturated rings. The summed E-state index contributed by atoms with van der Waals surface area (Å²) in [7, 11) is -2.19. The van der Waals surface area contributed by atoms with Gasteiger partial charge in [-0.05, 0) is 31.9 Å². The van der Waals surface area contributed by atoms with Gasteiger partial charge in [0, 0.05) is 5.56 Å². The lowest BCUT2D eigenvalue weighted by atomic mass is 10.1. The second-order valence-corrected chi connectivity index (χ2v) is 7.51. The van der Waals surface area contributed by atoms with Crippen molar-refractivity contribution in [3.8, 4) is 0 Å². The standard InChI is InChI=1S/C15H17NO7S/c1-9(14(17)18)23-16-13(15(19)22-2)10-3-5-11(6-4-10)24(20,21)12-7-8-12/h3-6,9,12H,7-8H2,1-2H3,(H,17,18)/b16-13+/t9-/m0/s1. The van der Waals surface area contributed by atoms with Crippen LogP contribution in [0.4, 0.5) is 0 Å². The molecule has 0 bridgehead atoms.